The largest absolute Gasteiger partial charge is 0.307 e. The summed E-state index contributed by atoms with van der Waals surface area (Å²) in [5, 5.41) is 3.72. The van der Waals surface area contributed by atoms with Crippen LogP contribution in [0.1, 0.15) is 17.0 Å². The molecule has 0 amide bonds. The van der Waals surface area contributed by atoms with Gasteiger partial charge in [-0.1, -0.05) is 36.4 Å². The van der Waals surface area contributed by atoms with Crippen LogP contribution in [0.5, 0.6) is 0 Å². The average Bonchev–Trinajstić information content (AvgIpc) is 2.70. The Balaban J connectivity index is 1.27. The van der Waals surface area contributed by atoms with E-state index in [1.165, 1.54) is 22.3 Å². The smallest absolute Gasteiger partial charge is 0.0346 e. The Bertz CT molecular complexity index is 852. The monoisotopic (exact) mass is 342 g/mol. The lowest BCUT2D eigenvalue weighted by Crippen LogP contribution is -2.71. The predicted molar refractivity (Wildman–Crippen MR) is 103 cm³/mol. The Hall–Kier alpha value is -2.56. The van der Waals surface area contributed by atoms with Gasteiger partial charge in [-0.2, -0.15) is 0 Å². The molecular weight excluding hydrogens is 320 g/mol. The van der Waals surface area contributed by atoms with Gasteiger partial charge in [-0.3, -0.25) is 14.9 Å². The van der Waals surface area contributed by atoms with Crippen LogP contribution in [-0.2, 0) is 6.54 Å². The Morgan fingerprint density at radius 1 is 0.846 bits per heavy atom. The van der Waals surface area contributed by atoms with Gasteiger partial charge in [0.1, 0.15) is 0 Å². The molecule has 26 heavy (non-hydrogen) atoms. The van der Waals surface area contributed by atoms with Crippen LogP contribution in [0.25, 0.3) is 11.1 Å². The van der Waals surface area contributed by atoms with E-state index in [0.29, 0.717) is 18.0 Å². The molecule has 3 aliphatic heterocycles. The highest BCUT2D eigenvalue weighted by molar-refractivity contribution is 5.62. The highest BCUT2D eigenvalue weighted by Crippen LogP contribution is 2.37. The highest BCUT2D eigenvalue weighted by atomic mass is 15.3. The molecule has 5 heterocycles. The molecule has 4 heteroatoms. The molecule has 130 valence electrons. The SMILES string of the molecule is c1cncc(CN2C[C@@H]3N[C@H](C2)C3c2ccc(-c3cccnc3)cc2)c1. The Kier molecular flexibility index (Phi) is 4.00. The van der Waals surface area contributed by atoms with Gasteiger partial charge < -0.3 is 5.32 Å². The second-order valence-electron chi connectivity index (χ2n) is 7.32. The maximum atomic E-state index is 4.23. The molecule has 6 rings (SSSR count). The van der Waals surface area contributed by atoms with E-state index >= 15 is 0 Å². The summed E-state index contributed by atoms with van der Waals surface area (Å²) in [5.74, 6) is 0.628. The van der Waals surface area contributed by atoms with Gasteiger partial charge in [-0.05, 0) is 34.4 Å². The van der Waals surface area contributed by atoms with Crippen molar-refractivity contribution in [1.82, 2.24) is 20.2 Å². The van der Waals surface area contributed by atoms with Crippen LogP contribution in [0.4, 0.5) is 0 Å². The van der Waals surface area contributed by atoms with Gasteiger partial charge in [0.2, 0.25) is 0 Å². The average molecular weight is 342 g/mol. The number of hydrogen-bond acceptors (Lipinski definition) is 4. The molecule has 3 atom stereocenters. The number of benzene rings is 1. The van der Waals surface area contributed by atoms with E-state index in [-0.39, 0.29) is 0 Å². The number of rotatable bonds is 4. The maximum absolute atomic E-state index is 4.23. The van der Waals surface area contributed by atoms with Crippen LogP contribution < -0.4 is 5.32 Å². The summed E-state index contributed by atoms with van der Waals surface area (Å²) in [6.07, 6.45) is 7.55. The number of aromatic nitrogens is 2. The minimum absolute atomic E-state index is 0.551. The van der Waals surface area contributed by atoms with Crippen LogP contribution in [0.3, 0.4) is 0 Å². The van der Waals surface area contributed by atoms with Crippen molar-refractivity contribution >= 4 is 0 Å². The molecule has 0 aliphatic carbocycles. The topological polar surface area (TPSA) is 41.1 Å². The summed E-state index contributed by atoms with van der Waals surface area (Å²) in [7, 11) is 0. The summed E-state index contributed by atoms with van der Waals surface area (Å²) in [6, 6.07) is 18.4. The summed E-state index contributed by atoms with van der Waals surface area (Å²) < 4.78 is 0. The van der Waals surface area contributed by atoms with Crippen molar-refractivity contribution in [2.24, 2.45) is 0 Å². The van der Waals surface area contributed by atoms with Crippen molar-refractivity contribution in [3.8, 4) is 11.1 Å². The number of piperidine rings is 1. The van der Waals surface area contributed by atoms with E-state index in [1.54, 1.807) is 0 Å². The van der Waals surface area contributed by atoms with Gasteiger partial charge in [0.05, 0.1) is 0 Å². The molecule has 2 aromatic heterocycles. The Morgan fingerprint density at radius 3 is 2.23 bits per heavy atom. The summed E-state index contributed by atoms with van der Waals surface area (Å²) in [4.78, 5) is 11.0. The molecule has 3 saturated heterocycles. The Labute approximate surface area is 153 Å². The predicted octanol–water partition coefficient (Wildman–Crippen LogP) is 3.08. The second kappa shape index (κ2) is 6.63. The third kappa shape index (κ3) is 2.91. The number of pyridine rings is 2. The minimum Gasteiger partial charge on any atom is -0.307 e. The number of piperazine rings is 1. The molecule has 0 radical (unpaired) electrons. The quantitative estimate of drug-likeness (QED) is 0.791. The van der Waals surface area contributed by atoms with E-state index in [2.05, 4.69) is 56.6 Å². The number of fused-ring (bicyclic) bond motifs is 2. The van der Waals surface area contributed by atoms with E-state index in [4.69, 9.17) is 0 Å². The number of nitrogens with one attached hydrogen (secondary N) is 1. The van der Waals surface area contributed by atoms with Crippen molar-refractivity contribution in [3.63, 3.8) is 0 Å². The second-order valence-corrected chi connectivity index (χ2v) is 7.32. The van der Waals surface area contributed by atoms with Crippen molar-refractivity contribution in [2.45, 2.75) is 24.5 Å². The minimum atomic E-state index is 0.551. The maximum Gasteiger partial charge on any atom is 0.0346 e. The molecular formula is C22H22N4. The zero-order valence-corrected chi connectivity index (χ0v) is 14.6. The fraction of sp³-hybridized carbons (Fsp3) is 0.273. The molecule has 4 nitrogen and oxygen atoms in total. The first-order chi connectivity index (χ1) is 12.9. The third-order valence-corrected chi connectivity index (χ3v) is 5.62. The van der Waals surface area contributed by atoms with Gasteiger partial charge in [0.15, 0.2) is 0 Å². The lowest BCUT2D eigenvalue weighted by Gasteiger charge is -2.55. The van der Waals surface area contributed by atoms with Crippen LogP contribution in [0.2, 0.25) is 0 Å². The van der Waals surface area contributed by atoms with Crippen LogP contribution in [0.15, 0.2) is 73.3 Å². The number of hydrogen-bond donors (Lipinski definition) is 1. The van der Waals surface area contributed by atoms with Crippen LogP contribution in [0, 0.1) is 0 Å². The van der Waals surface area contributed by atoms with Crippen molar-refractivity contribution in [1.29, 1.82) is 0 Å². The molecule has 1 aromatic carbocycles. The normalized spacial score (nSPS) is 24.8. The summed E-state index contributed by atoms with van der Waals surface area (Å²) in [5.41, 5.74) is 5.16. The van der Waals surface area contributed by atoms with Gasteiger partial charge in [-0.15, -0.1) is 0 Å². The lowest BCUT2D eigenvalue weighted by atomic mass is 9.74. The Morgan fingerprint density at radius 2 is 1.58 bits per heavy atom. The van der Waals surface area contributed by atoms with Gasteiger partial charge in [0.25, 0.3) is 0 Å². The molecule has 3 fully saturated rings. The molecule has 1 N–H and O–H groups in total. The highest BCUT2D eigenvalue weighted by Gasteiger charge is 2.46. The molecule has 0 spiro atoms. The van der Waals surface area contributed by atoms with Crippen LogP contribution >= 0.6 is 0 Å². The fourth-order valence-corrected chi connectivity index (χ4v) is 4.38. The molecule has 2 bridgehead atoms. The molecule has 1 unspecified atom stereocenters. The first-order valence-electron chi connectivity index (χ1n) is 9.24. The fourth-order valence-electron chi connectivity index (χ4n) is 4.38. The van der Waals surface area contributed by atoms with Gasteiger partial charge in [0, 0.05) is 62.4 Å². The van der Waals surface area contributed by atoms with Gasteiger partial charge >= 0.3 is 0 Å². The molecule has 3 aliphatic rings. The van der Waals surface area contributed by atoms with E-state index in [9.17, 15) is 0 Å². The standard InChI is InChI=1S/C22H22N4/c1-3-16(11-23-9-1)13-26-14-20-22(21(15-26)25-20)18-7-5-17(6-8-18)19-4-2-10-24-12-19/h1-12,20-22,25H,13-15H2/t20-,21+,22?. The van der Waals surface area contributed by atoms with Gasteiger partial charge in [-0.25, -0.2) is 0 Å². The van der Waals surface area contributed by atoms with E-state index in [1.807, 2.05) is 36.9 Å². The zero-order chi connectivity index (χ0) is 17.3. The van der Waals surface area contributed by atoms with E-state index in [0.717, 1.165) is 19.6 Å². The lowest BCUT2D eigenvalue weighted by molar-refractivity contribution is 0.0470. The third-order valence-electron chi connectivity index (χ3n) is 5.62. The van der Waals surface area contributed by atoms with Crippen LogP contribution in [-0.4, -0.2) is 40.0 Å². The summed E-state index contributed by atoms with van der Waals surface area (Å²) >= 11 is 0. The zero-order valence-electron chi connectivity index (χ0n) is 14.6. The van der Waals surface area contributed by atoms with Crippen molar-refractivity contribution in [2.75, 3.05) is 13.1 Å². The summed E-state index contributed by atoms with van der Waals surface area (Å²) in [6.45, 7) is 3.19. The van der Waals surface area contributed by atoms with Crippen molar-refractivity contribution in [3.05, 3.63) is 84.4 Å². The first kappa shape index (κ1) is 15.7. The molecule has 0 saturated carbocycles. The number of nitrogens with zero attached hydrogens (tertiary/aromatic N) is 3. The van der Waals surface area contributed by atoms with E-state index < -0.39 is 0 Å². The van der Waals surface area contributed by atoms with Crippen molar-refractivity contribution < 1.29 is 0 Å². The first-order valence-corrected chi connectivity index (χ1v) is 9.24. The molecule has 3 aromatic rings.